The lowest BCUT2D eigenvalue weighted by Crippen LogP contribution is -2.13. The van der Waals surface area contributed by atoms with Gasteiger partial charge in [-0.1, -0.05) is 0 Å². The Hall–Kier alpha value is -3.00. The second-order valence-electron chi connectivity index (χ2n) is 4.29. The summed E-state index contributed by atoms with van der Waals surface area (Å²) in [5, 5.41) is 13.4. The van der Waals surface area contributed by atoms with E-state index in [2.05, 4.69) is 15.7 Å². The van der Waals surface area contributed by atoms with Crippen molar-refractivity contribution in [1.82, 2.24) is 4.98 Å². The average molecular weight is 287 g/mol. The Labute approximate surface area is 120 Å². The zero-order chi connectivity index (χ0) is 15.4. The van der Waals surface area contributed by atoms with Gasteiger partial charge in [-0.2, -0.15) is 0 Å². The minimum atomic E-state index is -0.469. The molecule has 0 spiro atoms. The van der Waals surface area contributed by atoms with Crippen LogP contribution in [-0.4, -0.2) is 15.8 Å². The molecule has 0 aliphatic heterocycles. The first-order valence-corrected chi connectivity index (χ1v) is 6.00. The van der Waals surface area contributed by atoms with Gasteiger partial charge in [0.15, 0.2) is 0 Å². The van der Waals surface area contributed by atoms with Crippen LogP contribution in [0.2, 0.25) is 0 Å². The monoisotopic (exact) mass is 287 g/mol. The van der Waals surface area contributed by atoms with Crippen LogP contribution in [0.25, 0.3) is 0 Å². The Bertz CT molecular complexity index is 685. The molecular weight excluding hydrogens is 274 g/mol. The SMILES string of the molecule is Cc1cc(NC(=O)c2ccc(NN)nc2)ccc1[N+](=O)[O-]. The number of nitrogens with one attached hydrogen (secondary N) is 2. The first kappa shape index (κ1) is 14.4. The van der Waals surface area contributed by atoms with Gasteiger partial charge in [0.05, 0.1) is 10.5 Å². The van der Waals surface area contributed by atoms with Crippen LogP contribution in [0, 0.1) is 17.0 Å². The number of hydrogen-bond acceptors (Lipinski definition) is 6. The maximum absolute atomic E-state index is 12.0. The van der Waals surface area contributed by atoms with E-state index in [0.29, 0.717) is 22.6 Å². The van der Waals surface area contributed by atoms with Crippen LogP contribution in [0.1, 0.15) is 15.9 Å². The summed E-state index contributed by atoms with van der Waals surface area (Å²) < 4.78 is 0. The predicted molar refractivity (Wildman–Crippen MR) is 77.8 cm³/mol. The Morgan fingerprint density at radius 2 is 2.10 bits per heavy atom. The second kappa shape index (κ2) is 5.97. The molecule has 8 heteroatoms. The molecule has 21 heavy (non-hydrogen) atoms. The third-order valence-electron chi connectivity index (χ3n) is 2.82. The van der Waals surface area contributed by atoms with Crippen molar-refractivity contribution >= 4 is 23.1 Å². The van der Waals surface area contributed by atoms with Gasteiger partial charge in [-0.3, -0.25) is 14.9 Å². The third-order valence-corrected chi connectivity index (χ3v) is 2.82. The minimum absolute atomic E-state index is 0.00744. The van der Waals surface area contributed by atoms with E-state index in [1.807, 2.05) is 0 Å². The lowest BCUT2D eigenvalue weighted by atomic mass is 10.1. The van der Waals surface area contributed by atoms with Crippen LogP contribution in [-0.2, 0) is 0 Å². The number of nitro benzene ring substituents is 1. The fourth-order valence-corrected chi connectivity index (χ4v) is 1.75. The molecule has 108 valence electrons. The molecule has 4 N–H and O–H groups in total. The van der Waals surface area contributed by atoms with Gasteiger partial charge >= 0.3 is 0 Å². The maximum atomic E-state index is 12.0. The summed E-state index contributed by atoms with van der Waals surface area (Å²) in [4.78, 5) is 26.2. The highest BCUT2D eigenvalue weighted by atomic mass is 16.6. The van der Waals surface area contributed by atoms with Crippen molar-refractivity contribution in [3.05, 3.63) is 57.8 Å². The molecular formula is C13H13N5O3. The number of benzene rings is 1. The molecule has 0 fully saturated rings. The highest BCUT2D eigenvalue weighted by molar-refractivity contribution is 6.04. The van der Waals surface area contributed by atoms with Crippen molar-refractivity contribution in [1.29, 1.82) is 0 Å². The number of amides is 1. The topological polar surface area (TPSA) is 123 Å². The number of hydrazine groups is 1. The molecule has 0 aliphatic carbocycles. The number of anilines is 2. The highest BCUT2D eigenvalue weighted by Gasteiger charge is 2.12. The van der Waals surface area contributed by atoms with Crippen molar-refractivity contribution < 1.29 is 9.72 Å². The lowest BCUT2D eigenvalue weighted by molar-refractivity contribution is -0.385. The Morgan fingerprint density at radius 3 is 2.62 bits per heavy atom. The van der Waals surface area contributed by atoms with Gasteiger partial charge in [0.25, 0.3) is 11.6 Å². The predicted octanol–water partition coefficient (Wildman–Crippen LogP) is 1.84. The number of carbonyl (C=O) groups excluding carboxylic acids is 1. The first-order chi connectivity index (χ1) is 10.0. The summed E-state index contributed by atoms with van der Waals surface area (Å²) in [6, 6.07) is 7.50. The smallest absolute Gasteiger partial charge is 0.272 e. The summed E-state index contributed by atoms with van der Waals surface area (Å²) >= 11 is 0. The molecule has 1 aromatic carbocycles. The number of nitro groups is 1. The van der Waals surface area contributed by atoms with Gasteiger partial charge < -0.3 is 10.7 Å². The van der Waals surface area contributed by atoms with Crippen molar-refractivity contribution in [3.8, 4) is 0 Å². The Balaban J connectivity index is 2.15. The van der Waals surface area contributed by atoms with E-state index < -0.39 is 4.92 Å². The van der Waals surface area contributed by atoms with Gasteiger partial charge in [0.2, 0.25) is 0 Å². The first-order valence-electron chi connectivity index (χ1n) is 6.00. The van der Waals surface area contributed by atoms with E-state index in [1.54, 1.807) is 25.1 Å². The van der Waals surface area contributed by atoms with E-state index >= 15 is 0 Å². The molecule has 2 rings (SSSR count). The molecule has 0 radical (unpaired) electrons. The molecule has 0 saturated heterocycles. The molecule has 0 atom stereocenters. The number of nitrogen functional groups attached to an aromatic ring is 1. The second-order valence-corrected chi connectivity index (χ2v) is 4.29. The van der Waals surface area contributed by atoms with Crippen molar-refractivity contribution in [2.45, 2.75) is 6.92 Å². The van der Waals surface area contributed by atoms with E-state index in [1.165, 1.54) is 18.3 Å². The summed E-state index contributed by atoms with van der Waals surface area (Å²) in [5.74, 6) is 5.27. The Morgan fingerprint density at radius 1 is 1.33 bits per heavy atom. The standard InChI is InChI=1S/C13H13N5O3/c1-8-6-10(3-4-11(8)18(20)21)16-13(19)9-2-5-12(17-14)15-7-9/h2-7H,14H2,1H3,(H,15,17)(H,16,19). The molecule has 1 heterocycles. The molecule has 0 saturated carbocycles. The van der Waals surface area contributed by atoms with Gasteiger partial charge in [-0.05, 0) is 31.2 Å². The fourth-order valence-electron chi connectivity index (χ4n) is 1.75. The number of aromatic nitrogens is 1. The summed E-state index contributed by atoms with van der Waals surface area (Å²) in [5.41, 5.74) is 3.67. The van der Waals surface area contributed by atoms with E-state index in [0.717, 1.165) is 0 Å². The van der Waals surface area contributed by atoms with Crippen molar-refractivity contribution in [2.75, 3.05) is 10.7 Å². The van der Waals surface area contributed by atoms with Crippen LogP contribution in [0.5, 0.6) is 0 Å². The summed E-state index contributed by atoms with van der Waals surface area (Å²) in [7, 11) is 0. The van der Waals surface area contributed by atoms with Gasteiger partial charge in [-0.25, -0.2) is 10.8 Å². The average Bonchev–Trinajstić information content (AvgIpc) is 2.47. The van der Waals surface area contributed by atoms with Gasteiger partial charge in [0, 0.05) is 23.5 Å². The van der Waals surface area contributed by atoms with Gasteiger partial charge in [-0.15, -0.1) is 0 Å². The number of pyridine rings is 1. The maximum Gasteiger partial charge on any atom is 0.272 e. The Kier molecular flexibility index (Phi) is 4.10. The molecule has 1 aromatic heterocycles. The van der Waals surface area contributed by atoms with Crippen molar-refractivity contribution in [2.24, 2.45) is 5.84 Å². The normalized spacial score (nSPS) is 10.0. The van der Waals surface area contributed by atoms with Crippen LogP contribution in [0.4, 0.5) is 17.2 Å². The zero-order valence-electron chi connectivity index (χ0n) is 11.2. The number of carbonyl (C=O) groups is 1. The lowest BCUT2D eigenvalue weighted by Gasteiger charge is -2.07. The van der Waals surface area contributed by atoms with Crippen molar-refractivity contribution in [3.63, 3.8) is 0 Å². The number of aryl methyl sites for hydroxylation is 1. The van der Waals surface area contributed by atoms with Gasteiger partial charge in [0.1, 0.15) is 5.82 Å². The number of nitrogens with zero attached hydrogens (tertiary/aromatic N) is 2. The van der Waals surface area contributed by atoms with Crippen LogP contribution in [0.15, 0.2) is 36.5 Å². The van der Waals surface area contributed by atoms with E-state index in [9.17, 15) is 14.9 Å². The molecule has 1 amide bonds. The highest BCUT2D eigenvalue weighted by Crippen LogP contribution is 2.22. The van der Waals surface area contributed by atoms with Crippen LogP contribution in [0.3, 0.4) is 0 Å². The number of hydrogen-bond donors (Lipinski definition) is 3. The summed E-state index contributed by atoms with van der Waals surface area (Å²) in [6.07, 6.45) is 1.38. The molecule has 0 bridgehead atoms. The fraction of sp³-hybridized carbons (Fsp3) is 0.0769. The summed E-state index contributed by atoms with van der Waals surface area (Å²) in [6.45, 7) is 1.61. The number of rotatable bonds is 4. The molecule has 0 aliphatic rings. The molecule has 0 unspecified atom stereocenters. The molecule has 2 aromatic rings. The van der Waals surface area contributed by atoms with E-state index in [4.69, 9.17) is 5.84 Å². The number of nitrogens with two attached hydrogens (primary N) is 1. The zero-order valence-corrected chi connectivity index (χ0v) is 11.2. The third kappa shape index (κ3) is 3.31. The van der Waals surface area contributed by atoms with Crippen LogP contribution < -0.4 is 16.6 Å². The largest absolute Gasteiger partial charge is 0.322 e. The van der Waals surface area contributed by atoms with Crippen LogP contribution >= 0.6 is 0 Å². The van der Waals surface area contributed by atoms with E-state index in [-0.39, 0.29) is 11.6 Å². The molecule has 8 nitrogen and oxygen atoms in total. The quantitative estimate of drug-likeness (QED) is 0.448. The minimum Gasteiger partial charge on any atom is -0.322 e.